The Morgan fingerprint density at radius 2 is 1.38 bits per heavy atom. The van der Waals surface area contributed by atoms with E-state index in [-0.39, 0.29) is 11.8 Å². The van der Waals surface area contributed by atoms with E-state index in [0.717, 1.165) is 70.5 Å². The summed E-state index contributed by atoms with van der Waals surface area (Å²) in [4.78, 5) is 27.6. The number of carbonyl (C=O) groups excluding carboxylic acids is 2. The van der Waals surface area contributed by atoms with Gasteiger partial charge in [-0.05, 0) is 70.1 Å². The Labute approximate surface area is 177 Å². The number of nitrogens with two attached hydrogens (primary N) is 1. The first kappa shape index (κ1) is 24.1. The number of amides is 2. The standard InChI is InChI=1S/C23H44N4O2/c1-2-3-13-25-23(29)12-19-27-16-9-21(10-17-27)6-4-5-20-7-14-26(15-8-20)18-11-22(24)28/h20-21H,2-19H2,1H3,(H2,24,28)(H,25,29). The van der Waals surface area contributed by atoms with Gasteiger partial charge in [-0.1, -0.05) is 32.6 Å². The Morgan fingerprint density at radius 1 is 0.862 bits per heavy atom. The van der Waals surface area contributed by atoms with E-state index in [2.05, 4.69) is 22.0 Å². The van der Waals surface area contributed by atoms with Crippen LogP contribution in [0.15, 0.2) is 0 Å². The molecule has 2 aliphatic heterocycles. The lowest BCUT2D eigenvalue weighted by molar-refractivity contribution is -0.121. The normalized spacial score (nSPS) is 20.0. The Kier molecular flexibility index (Phi) is 11.6. The molecule has 0 aromatic heterocycles. The number of nitrogens with zero attached hydrogens (tertiary/aromatic N) is 2. The van der Waals surface area contributed by atoms with Gasteiger partial charge in [-0.3, -0.25) is 9.59 Å². The van der Waals surface area contributed by atoms with Crippen LogP contribution in [-0.4, -0.2) is 67.4 Å². The van der Waals surface area contributed by atoms with Crippen LogP contribution < -0.4 is 11.1 Å². The van der Waals surface area contributed by atoms with Crippen LogP contribution in [0.5, 0.6) is 0 Å². The molecule has 3 N–H and O–H groups in total. The first-order valence-corrected chi connectivity index (χ1v) is 12.1. The molecule has 2 rings (SSSR count). The summed E-state index contributed by atoms with van der Waals surface area (Å²) in [7, 11) is 0. The largest absolute Gasteiger partial charge is 0.370 e. The molecule has 2 saturated heterocycles. The van der Waals surface area contributed by atoms with Crippen molar-refractivity contribution in [2.45, 2.75) is 77.6 Å². The molecule has 6 nitrogen and oxygen atoms in total. The van der Waals surface area contributed by atoms with Crippen LogP contribution in [-0.2, 0) is 9.59 Å². The maximum absolute atomic E-state index is 11.8. The van der Waals surface area contributed by atoms with Gasteiger partial charge in [0.05, 0.1) is 0 Å². The van der Waals surface area contributed by atoms with Crippen LogP contribution in [0.2, 0.25) is 0 Å². The lowest BCUT2D eigenvalue weighted by Crippen LogP contribution is -2.37. The Morgan fingerprint density at radius 3 is 1.86 bits per heavy atom. The highest BCUT2D eigenvalue weighted by Crippen LogP contribution is 2.27. The van der Waals surface area contributed by atoms with Gasteiger partial charge in [0, 0.05) is 32.5 Å². The van der Waals surface area contributed by atoms with E-state index in [9.17, 15) is 9.59 Å². The van der Waals surface area contributed by atoms with Crippen molar-refractivity contribution < 1.29 is 9.59 Å². The third-order valence-corrected chi connectivity index (χ3v) is 6.82. The van der Waals surface area contributed by atoms with Gasteiger partial charge in [-0.25, -0.2) is 0 Å². The monoisotopic (exact) mass is 408 g/mol. The molecule has 0 radical (unpaired) electrons. The van der Waals surface area contributed by atoms with Gasteiger partial charge in [0.25, 0.3) is 0 Å². The molecule has 0 aromatic rings. The summed E-state index contributed by atoms with van der Waals surface area (Å²) in [6.45, 7) is 9.29. The molecule has 2 heterocycles. The molecule has 6 heteroatoms. The zero-order valence-corrected chi connectivity index (χ0v) is 18.7. The zero-order valence-electron chi connectivity index (χ0n) is 18.7. The number of rotatable bonds is 13. The predicted octanol–water partition coefficient (Wildman–Crippen LogP) is 2.76. The third kappa shape index (κ3) is 10.4. The number of hydrogen-bond donors (Lipinski definition) is 2. The Balaban J connectivity index is 1.47. The molecule has 0 bridgehead atoms. The van der Waals surface area contributed by atoms with E-state index in [1.54, 1.807) is 0 Å². The summed E-state index contributed by atoms with van der Waals surface area (Å²) in [6.07, 6.45) is 12.6. The molecule has 0 aromatic carbocycles. The number of carbonyl (C=O) groups is 2. The first-order chi connectivity index (χ1) is 14.1. The van der Waals surface area contributed by atoms with Crippen LogP contribution in [0.4, 0.5) is 0 Å². The van der Waals surface area contributed by atoms with Crippen molar-refractivity contribution in [1.29, 1.82) is 0 Å². The van der Waals surface area contributed by atoms with Crippen LogP contribution in [0, 0.1) is 11.8 Å². The summed E-state index contributed by atoms with van der Waals surface area (Å²) in [6, 6.07) is 0. The molecule has 0 spiro atoms. The molecular weight excluding hydrogens is 364 g/mol. The fourth-order valence-corrected chi connectivity index (χ4v) is 4.71. The molecule has 0 aliphatic carbocycles. The molecule has 0 atom stereocenters. The van der Waals surface area contributed by atoms with Crippen molar-refractivity contribution in [3.8, 4) is 0 Å². The maximum Gasteiger partial charge on any atom is 0.221 e. The quantitative estimate of drug-likeness (QED) is 0.459. The van der Waals surface area contributed by atoms with Crippen LogP contribution >= 0.6 is 0 Å². The summed E-state index contributed by atoms with van der Waals surface area (Å²) < 4.78 is 0. The molecule has 0 saturated carbocycles. The summed E-state index contributed by atoms with van der Waals surface area (Å²) >= 11 is 0. The minimum Gasteiger partial charge on any atom is -0.370 e. The van der Waals surface area contributed by atoms with Gasteiger partial charge in [0.1, 0.15) is 0 Å². The highest BCUT2D eigenvalue weighted by Gasteiger charge is 2.22. The average Bonchev–Trinajstić information content (AvgIpc) is 2.73. The third-order valence-electron chi connectivity index (χ3n) is 6.82. The van der Waals surface area contributed by atoms with E-state index < -0.39 is 0 Å². The SMILES string of the molecule is CCCCNC(=O)CCN1CCC(CCCC2CCN(CCC(N)=O)CC2)CC1. The first-order valence-electron chi connectivity index (χ1n) is 12.1. The highest BCUT2D eigenvalue weighted by atomic mass is 16.1. The van der Waals surface area contributed by atoms with Gasteiger partial charge in [0.2, 0.25) is 11.8 Å². The van der Waals surface area contributed by atoms with Gasteiger partial charge < -0.3 is 20.9 Å². The fraction of sp³-hybridized carbons (Fsp3) is 0.913. The van der Waals surface area contributed by atoms with Crippen molar-refractivity contribution >= 4 is 11.8 Å². The maximum atomic E-state index is 11.8. The van der Waals surface area contributed by atoms with Gasteiger partial charge in [0.15, 0.2) is 0 Å². The number of primary amides is 1. The van der Waals surface area contributed by atoms with Crippen molar-refractivity contribution in [2.24, 2.45) is 17.6 Å². The average molecular weight is 409 g/mol. The molecule has 29 heavy (non-hydrogen) atoms. The van der Waals surface area contributed by atoms with E-state index in [4.69, 9.17) is 5.73 Å². The molecule has 2 fully saturated rings. The lowest BCUT2D eigenvalue weighted by atomic mass is 9.87. The number of nitrogens with one attached hydrogen (secondary N) is 1. The topological polar surface area (TPSA) is 78.7 Å². The van der Waals surface area contributed by atoms with Crippen molar-refractivity contribution in [2.75, 3.05) is 45.8 Å². The van der Waals surface area contributed by atoms with Gasteiger partial charge in [-0.15, -0.1) is 0 Å². The van der Waals surface area contributed by atoms with E-state index >= 15 is 0 Å². The van der Waals surface area contributed by atoms with Gasteiger partial charge in [-0.2, -0.15) is 0 Å². The number of unbranched alkanes of at least 4 members (excludes halogenated alkanes) is 1. The Hall–Kier alpha value is -1.14. The molecule has 2 aliphatic rings. The Bertz CT molecular complexity index is 469. The van der Waals surface area contributed by atoms with Crippen LogP contribution in [0.3, 0.4) is 0 Å². The summed E-state index contributed by atoms with van der Waals surface area (Å²) in [5, 5.41) is 3.02. The number of likely N-dealkylation sites (tertiary alicyclic amines) is 2. The second-order valence-corrected chi connectivity index (χ2v) is 9.17. The highest BCUT2D eigenvalue weighted by molar-refractivity contribution is 5.76. The zero-order chi connectivity index (χ0) is 20.9. The fourth-order valence-electron chi connectivity index (χ4n) is 4.71. The summed E-state index contributed by atoms with van der Waals surface area (Å²) in [5.41, 5.74) is 5.25. The van der Waals surface area contributed by atoms with Crippen LogP contribution in [0.1, 0.15) is 77.6 Å². The van der Waals surface area contributed by atoms with Gasteiger partial charge >= 0.3 is 0 Å². The summed E-state index contributed by atoms with van der Waals surface area (Å²) in [5.74, 6) is 1.76. The van der Waals surface area contributed by atoms with Crippen molar-refractivity contribution in [3.63, 3.8) is 0 Å². The minimum atomic E-state index is -0.187. The number of piperidine rings is 2. The molecule has 0 unspecified atom stereocenters. The lowest BCUT2D eigenvalue weighted by Gasteiger charge is -2.33. The second kappa shape index (κ2) is 14.0. The molecule has 168 valence electrons. The van der Waals surface area contributed by atoms with Crippen molar-refractivity contribution in [1.82, 2.24) is 15.1 Å². The van der Waals surface area contributed by atoms with Crippen molar-refractivity contribution in [3.05, 3.63) is 0 Å². The predicted molar refractivity (Wildman–Crippen MR) is 119 cm³/mol. The van der Waals surface area contributed by atoms with Crippen LogP contribution in [0.25, 0.3) is 0 Å². The minimum absolute atomic E-state index is 0.187. The second-order valence-electron chi connectivity index (χ2n) is 9.17. The molecule has 2 amide bonds. The molecular formula is C23H44N4O2. The smallest absolute Gasteiger partial charge is 0.221 e. The van der Waals surface area contributed by atoms with E-state index in [0.29, 0.717) is 12.8 Å². The van der Waals surface area contributed by atoms with E-state index in [1.165, 1.54) is 44.9 Å². The number of hydrogen-bond acceptors (Lipinski definition) is 4. The van der Waals surface area contributed by atoms with E-state index in [1.807, 2.05) is 0 Å².